The predicted molar refractivity (Wildman–Crippen MR) is 115 cm³/mol. The number of nitrogens with two attached hydrogens (primary N) is 2. The van der Waals surface area contributed by atoms with E-state index in [-0.39, 0.29) is 5.82 Å². The van der Waals surface area contributed by atoms with Crippen LogP contribution in [0.15, 0.2) is 28.4 Å². The van der Waals surface area contributed by atoms with Crippen LogP contribution >= 0.6 is 23.4 Å². The van der Waals surface area contributed by atoms with Crippen LogP contribution in [0.1, 0.15) is 33.1 Å². The summed E-state index contributed by atoms with van der Waals surface area (Å²) in [5, 5.41) is 1.02. The van der Waals surface area contributed by atoms with E-state index in [4.69, 9.17) is 27.8 Å². The first-order valence-electron chi connectivity index (χ1n) is 9.59. The van der Waals surface area contributed by atoms with E-state index >= 15 is 0 Å². The van der Waals surface area contributed by atoms with Gasteiger partial charge in [0.2, 0.25) is 0 Å². The van der Waals surface area contributed by atoms with Gasteiger partial charge in [-0.1, -0.05) is 37.2 Å². The van der Waals surface area contributed by atoms with Gasteiger partial charge in [0.25, 0.3) is 0 Å². The summed E-state index contributed by atoms with van der Waals surface area (Å²) in [5.41, 5.74) is 12.3. The van der Waals surface area contributed by atoms with Gasteiger partial charge in [0.1, 0.15) is 16.7 Å². The van der Waals surface area contributed by atoms with Gasteiger partial charge in [0.05, 0.1) is 17.8 Å². The standard InChI is InChI=1S/C17H21ClN6OS.C2H6/c18-13-11(1-5-21-14(13)19)26-16-15(20)23-12(9-22-16)24-6-2-17(3-7-24)4-8-25-10-17;1-2/h1,5,9H,2-4,6-8,10H2,(H2,19,21)(H2,20,23);1-2H3. The van der Waals surface area contributed by atoms with E-state index in [1.807, 2.05) is 13.8 Å². The molecule has 0 bridgehead atoms. The van der Waals surface area contributed by atoms with E-state index < -0.39 is 0 Å². The summed E-state index contributed by atoms with van der Waals surface area (Å²) in [4.78, 5) is 16.0. The second kappa shape index (κ2) is 9.15. The molecule has 7 nitrogen and oxygen atoms in total. The molecule has 2 aliphatic heterocycles. The molecule has 2 saturated heterocycles. The van der Waals surface area contributed by atoms with Crippen LogP contribution in [0.3, 0.4) is 0 Å². The van der Waals surface area contributed by atoms with Crippen LogP contribution in [-0.4, -0.2) is 41.3 Å². The molecule has 28 heavy (non-hydrogen) atoms. The maximum Gasteiger partial charge on any atom is 0.158 e. The topological polar surface area (TPSA) is 103 Å². The molecule has 2 aromatic heterocycles. The molecule has 0 saturated carbocycles. The smallest absolute Gasteiger partial charge is 0.158 e. The Bertz CT molecular complexity index is 805. The van der Waals surface area contributed by atoms with Gasteiger partial charge < -0.3 is 21.1 Å². The number of piperidine rings is 1. The van der Waals surface area contributed by atoms with E-state index in [9.17, 15) is 0 Å². The van der Waals surface area contributed by atoms with Crippen molar-refractivity contribution in [2.45, 2.75) is 43.0 Å². The Morgan fingerprint density at radius 3 is 2.54 bits per heavy atom. The van der Waals surface area contributed by atoms with Crippen molar-refractivity contribution < 1.29 is 4.74 Å². The van der Waals surface area contributed by atoms with Crippen molar-refractivity contribution in [2.24, 2.45) is 5.41 Å². The average Bonchev–Trinajstić information content (AvgIpc) is 3.17. The van der Waals surface area contributed by atoms with Gasteiger partial charge in [-0.05, 0) is 30.7 Å². The Morgan fingerprint density at radius 1 is 1.14 bits per heavy atom. The first-order valence-corrected chi connectivity index (χ1v) is 10.8. The number of ether oxygens (including phenoxy) is 1. The highest BCUT2D eigenvalue weighted by atomic mass is 35.5. The second-order valence-electron chi connectivity index (χ2n) is 6.82. The minimum absolute atomic E-state index is 0.290. The summed E-state index contributed by atoms with van der Waals surface area (Å²) < 4.78 is 5.59. The lowest BCUT2D eigenvalue weighted by Gasteiger charge is -2.38. The van der Waals surface area contributed by atoms with E-state index in [1.54, 1.807) is 18.5 Å². The summed E-state index contributed by atoms with van der Waals surface area (Å²) in [5.74, 6) is 1.50. The molecule has 0 atom stereocenters. The zero-order valence-corrected chi connectivity index (χ0v) is 17.9. The van der Waals surface area contributed by atoms with Crippen LogP contribution in [0.5, 0.6) is 0 Å². The number of aromatic nitrogens is 3. The maximum absolute atomic E-state index is 6.19. The predicted octanol–water partition coefficient (Wildman–Crippen LogP) is 3.87. The Labute approximate surface area is 175 Å². The molecule has 0 amide bonds. The molecule has 0 radical (unpaired) electrons. The molecule has 9 heteroatoms. The highest BCUT2D eigenvalue weighted by molar-refractivity contribution is 7.99. The van der Waals surface area contributed by atoms with Gasteiger partial charge in [-0.25, -0.2) is 15.0 Å². The molecule has 1 spiro atoms. The lowest BCUT2D eigenvalue weighted by molar-refractivity contribution is 0.133. The fourth-order valence-electron chi connectivity index (χ4n) is 3.49. The van der Waals surface area contributed by atoms with Gasteiger partial charge in [-0.15, -0.1) is 0 Å². The number of anilines is 3. The number of nitrogen functional groups attached to an aromatic ring is 2. The third-order valence-corrected chi connectivity index (χ3v) is 6.75. The molecule has 0 unspecified atom stereocenters. The monoisotopic (exact) mass is 422 g/mol. The summed E-state index contributed by atoms with van der Waals surface area (Å²) in [6.45, 7) is 7.69. The summed E-state index contributed by atoms with van der Waals surface area (Å²) in [6.07, 6.45) is 6.80. The number of hydrogen-bond donors (Lipinski definition) is 2. The van der Waals surface area contributed by atoms with Crippen molar-refractivity contribution >= 4 is 40.8 Å². The molecule has 152 valence electrons. The molecule has 4 heterocycles. The second-order valence-corrected chi connectivity index (χ2v) is 8.23. The summed E-state index contributed by atoms with van der Waals surface area (Å²) in [6, 6.07) is 1.78. The minimum Gasteiger partial charge on any atom is -0.382 e. The highest BCUT2D eigenvalue weighted by Gasteiger charge is 2.38. The summed E-state index contributed by atoms with van der Waals surface area (Å²) >= 11 is 7.53. The van der Waals surface area contributed by atoms with E-state index in [2.05, 4.69) is 19.9 Å². The van der Waals surface area contributed by atoms with Crippen molar-refractivity contribution in [1.82, 2.24) is 15.0 Å². The number of rotatable bonds is 3. The molecular weight excluding hydrogens is 396 g/mol. The van der Waals surface area contributed by atoms with Crippen molar-refractivity contribution in [3.63, 3.8) is 0 Å². The first-order chi connectivity index (χ1) is 13.6. The Hall–Kier alpha value is -1.77. The number of hydrogen-bond acceptors (Lipinski definition) is 8. The molecule has 2 fully saturated rings. The van der Waals surface area contributed by atoms with Crippen molar-refractivity contribution in [3.8, 4) is 0 Å². The molecule has 0 aromatic carbocycles. The van der Waals surface area contributed by atoms with Crippen LogP contribution in [0.2, 0.25) is 5.02 Å². The van der Waals surface area contributed by atoms with Gasteiger partial charge in [0.15, 0.2) is 5.82 Å². The normalized spacial score (nSPS) is 18.0. The molecule has 2 aliphatic rings. The van der Waals surface area contributed by atoms with Crippen LogP contribution in [-0.2, 0) is 4.74 Å². The number of halogens is 1. The van der Waals surface area contributed by atoms with Crippen molar-refractivity contribution in [3.05, 3.63) is 23.5 Å². The Balaban J connectivity index is 0.00000109. The van der Waals surface area contributed by atoms with Gasteiger partial charge in [-0.2, -0.15) is 0 Å². The highest BCUT2D eigenvalue weighted by Crippen LogP contribution is 2.40. The zero-order chi connectivity index (χ0) is 20.1. The molecule has 4 N–H and O–H groups in total. The van der Waals surface area contributed by atoms with Crippen LogP contribution < -0.4 is 16.4 Å². The van der Waals surface area contributed by atoms with Crippen LogP contribution in [0.4, 0.5) is 17.5 Å². The fraction of sp³-hybridized carbons (Fsp3) is 0.526. The van der Waals surface area contributed by atoms with Crippen LogP contribution in [0, 0.1) is 5.41 Å². The zero-order valence-electron chi connectivity index (χ0n) is 16.3. The number of pyridine rings is 1. The average molecular weight is 423 g/mol. The number of nitrogens with zero attached hydrogens (tertiary/aromatic N) is 4. The van der Waals surface area contributed by atoms with Crippen molar-refractivity contribution in [1.29, 1.82) is 0 Å². The lowest BCUT2D eigenvalue weighted by Crippen LogP contribution is -2.41. The molecular formula is C19H27ClN6OS. The minimum atomic E-state index is 0.290. The molecule has 2 aromatic rings. The van der Waals surface area contributed by atoms with Gasteiger partial charge in [0, 0.05) is 30.8 Å². The lowest BCUT2D eigenvalue weighted by atomic mass is 9.78. The molecule has 0 aliphatic carbocycles. The first kappa shape index (κ1) is 21.0. The SMILES string of the molecule is CC.Nc1nc(N2CCC3(CCOC3)CC2)cnc1Sc1ccnc(N)c1Cl. The van der Waals surface area contributed by atoms with E-state index in [0.29, 0.717) is 21.3 Å². The maximum atomic E-state index is 6.19. The largest absolute Gasteiger partial charge is 0.382 e. The van der Waals surface area contributed by atoms with Crippen LogP contribution in [0.25, 0.3) is 0 Å². The van der Waals surface area contributed by atoms with Gasteiger partial charge >= 0.3 is 0 Å². The quantitative estimate of drug-likeness (QED) is 0.768. The Kier molecular flexibility index (Phi) is 6.85. The van der Waals surface area contributed by atoms with Gasteiger partial charge in [-0.3, -0.25) is 0 Å². The third-order valence-electron chi connectivity index (χ3n) is 5.17. The summed E-state index contributed by atoms with van der Waals surface area (Å²) in [7, 11) is 0. The fourth-order valence-corrected chi connectivity index (χ4v) is 4.51. The van der Waals surface area contributed by atoms with Crippen molar-refractivity contribution in [2.75, 3.05) is 42.7 Å². The van der Waals surface area contributed by atoms with E-state index in [1.165, 1.54) is 18.2 Å². The Morgan fingerprint density at radius 2 is 1.89 bits per heavy atom. The van der Waals surface area contributed by atoms with E-state index in [0.717, 1.165) is 49.9 Å². The molecule has 4 rings (SSSR count). The third kappa shape index (κ3) is 4.45.